The van der Waals surface area contributed by atoms with Crippen LogP contribution in [-0.2, 0) is 12.8 Å². The molecule has 0 bridgehead atoms. The summed E-state index contributed by atoms with van der Waals surface area (Å²) in [4.78, 5) is 19.5. The van der Waals surface area contributed by atoms with Crippen LogP contribution in [0.15, 0.2) is 16.9 Å². The summed E-state index contributed by atoms with van der Waals surface area (Å²) in [5.74, 6) is 0.776. The Morgan fingerprint density at radius 3 is 2.70 bits per heavy atom. The van der Waals surface area contributed by atoms with Gasteiger partial charge >= 0.3 is 5.69 Å². The van der Waals surface area contributed by atoms with E-state index in [1.807, 2.05) is 6.07 Å². The molecule has 0 saturated heterocycles. The highest BCUT2D eigenvalue weighted by atomic mass is 16.1. The van der Waals surface area contributed by atoms with Gasteiger partial charge in [0.2, 0.25) is 5.82 Å². The van der Waals surface area contributed by atoms with Crippen molar-refractivity contribution in [3.8, 4) is 11.6 Å². The number of nitrogens with one attached hydrogen (secondary N) is 2. The number of aryl methyl sites for hydroxylation is 2. The van der Waals surface area contributed by atoms with Crippen LogP contribution in [0.4, 0.5) is 0 Å². The summed E-state index contributed by atoms with van der Waals surface area (Å²) >= 11 is 0. The fourth-order valence-corrected chi connectivity index (χ4v) is 3.23. The van der Waals surface area contributed by atoms with Gasteiger partial charge in [0.1, 0.15) is 5.65 Å². The highest BCUT2D eigenvalue weighted by molar-refractivity contribution is 5.92. The number of fused-ring (bicyclic) bond motifs is 4. The molecule has 0 amide bonds. The molecule has 3 heterocycles. The van der Waals surface area contributed by atoms with E-state index in [1.165, 1.54) is 28.5 Å². The molecule has 23 heavy (non-hydrogen) atoms. The van der Waals surface area contributed by atoms with Gasteiger partial charge in [0.15, 0.2) is 5.82 Å². The second-order valence-electron chi connectivity index (χ2n) is 5.72. The highest BCUT2D eigenvalue weighted by Gasteiger charge is 2.17. The Bertz CT molecular complexity index is 1090. The molecule has 1 aliphatic rings. The minimum atomic E-state index is -0.418. The van der Waals surface area contributed by atoms with Crippen molar-refractivity contribution in [3.05, 3.63) is 33.7 Å². The smallest absolute Gasteiger partial charge is 0.319 e. The first kappa shape index (κ1) is 12.4. The molecule has 0 radical (unpaired) electrons. The quantitative estimate of drug-likeness (QED) is 0.532. The fourth-order valence-electron chi connectivity index (χ4n) is 3.23. The van der Waals surface area contributed by atoms with Gasteiger partial charge in [-0.1, -0.05) is 0 Å². The number of aromatic nitrogens is 8. The molecule has 0 saturated carbocycles. The third-order valence-electron chi connectivity index (χ3n) is 4.33. The molecule has 0 unspecified atom stereocenters. The van der Waals surface area contributed by atoms with Gasteiger partial charge in [0.25, 0.3) is 0 Å². The van der Waals surface area contributed by atoms with E-state index in [0.29, 0.717) is 22.8 Å². The molecule has 9 heteroatoms. The summed E-state index contributed by atoms with van der Waals surface area (Å²) in [6.07, 6.45) is 4.49. The van der Waals surface area contributed by atoms with Crippen molar-refractivity contribution in [2.24, 2.45) is 0 Å². The van der Waals surface area contributed by atoms with Crippen molar-refractivity contribution >= 4 is 16.6 Å². The lowest BCUT2D eigenvalue weighted by Gasteiger charge is -2.16. The van der Waals surface area contributed by atoms with E-state index < -0.39 is 5.69 Å². The Morgan fingerprint density at radius 1 is 1.09 bits per heavy atom. The molecule has 0 fully saturated rings. The molecule has 3 aromatic heterocycles. The molecule has 0 atom stereocenters. The second-order valence-corrected chi connectivity index (χ2v) is 5.72. The van der Waals surface area contributed by atoms with Gasteiger partial charge in [-0.3, -0.25) is 0 Å². The summed E-state index contributed by atoms with van der Waals surface area (Å²) in [5, 5.41) is 18.6. The molecule has 4 aromatic rings. The third-order valence-corrected chi connectivity index (χ3v) is 4.33. The number of aromatic amines is 2. The topological polar surface area (TPSA) is 118 Å². The van der Waals surface area contributed by atoms with E-state index >= 15 is 0 Å². The lowest BCUT2D eigenvalue weighted by molar-refractivity contribution is 0.686. The zero-order chi connectivity index (χ0) is 15.4. The molecular formula is C14H12N8O. The fraction of sp³-hybridized carbons (Fsp3) is 0.286. The number of rotatable bonds is 1. The maximum absolute atomic E-state index is 12.3. The molecular weight excluding hydrogens is 296 g/mol. The van der Waals surface area contributed by atoms with Crippen LogP contribution in [0.3, 0.4) is 0 Å². The minimum Gasteiger partial charge on any atom is -0.319 e. The highest BCUT2D eigenvalue weighted by Crippen LogP contribution is 2.27. The summed E-state index contributed by atoms with van der Waals surface area (Å²) in [6.45, 7) is 0. The van der Waals surface area contributed by atoms with Gasteiger partial charge < -0.3 is 4.98 Å². The van der Waals surface area contributed by atoms with Gasteiger partial charge in [-0.05, 0) is 59.4 Å². The molecule has 114 valence electrons. The van der Waals surface area contributed by atoms with Crippen molar-refractivity contribution < 1.29 is 0 Å². The van der Waals surface area contributed by atoms with Crippen molar-refractivity contribution in [3.63, 3.8) is 0 Å². The first-order valence-electron chi connectivity index (χ1n) is 7.48. The number of tetrazole rings is 1. The predicted molar refractivity (Wildman–Crippen MR) is 80.9 cm³/mol. The van der Waals surface area contributed by atoms with Crippen LogP contribution in [0.2, 0.25) is 0 Å². The SMILES string of the molecule is O=c1nc2cc3c(cc2c2[nH]c(-c4nnn[nH]4)nn12)CCCC3. The Labute approximate surface area is 128 Å². The van der Waals surface area contributed by atoms with Crippen LogP contribution in [0.5, 0.6) is 0 Å². The number of nitrogens with zero attached hydrogens (tertiary/aromatic N) is 6. The van der Waals surface area contributed by atoms with E-state index in [4.69, 9.17) is 0 Å². The number of hydrogen-bond donors (Lipinski definition) is 2. The largest absolute Gasteiger partial charge is 0.370 e. The average molecular weight is 308 g/mol. The van der Waals surface area contributed by atoms with Crippen molar-refractivity contribution in [2.75, 3.05) is 0 Å². The van der Waals surface area contributed by atoms with Crippen LogP contribution in [-0.4, -0.2) is 40.2 Å². The molecule has 1 aromatic carbocycles. The summed E-state index contributed by atoms with van der Waals surface area (Å²) in [6, 6.07) is 4.15. The number of H-pyrrole nitrogens is 2. The zero-order valence-electron chi connectivity index (χ0n) is 12.1. The van der Waals surface area contributed by atoms with Gasteiger partial charge in [-0.2, -0.15) is 9.50 Å². The van der Waals surface area contributed by atoms with Crippen molar-refractivity contribution in [1.82, 2.24) is 40.2 Å². The molecule has 2 N–H and O–H groups in total. The summed E-state index contributed by atoms with van der Waals surface area (Å²) in [7, 11) is 0. The molecule has 0 spiro atoms. The van der Waals surface area contributed by atoms with Crippen LogP contribution in [0, 0.1) is 0 Å². The summed E-state index contributed by atoms with van der Waals surface area (Å²) < 4.78 is 1.26. The van der Waals surface area contributed by atoms with E-state index in [9.17, 15) is 4.79 Å². The summed E-state index contributed by atoms with van der Waals surface area (Å²) in [5.41, 5.74) is 3.50. The Morgan fingerprint density at radius 2 is 1.91 bits per heavy atom. The van der Waals surface area contributed by atoms with Crippen LogP contribution in [0.25, 0.3) is 28.2 Å². The van der Waals surface area contributed by atoms with E-state index in [1.54, 1.807) is 0 Å². The maximum Gasteiger partial charge on any atom is 0.370 e. The monoisotopic (exact) mass is 308 g/mol. The Kier molecular flexibility index (Phi) is 2.41. The normalized spacial score (nSPS) is 14.4. The predicted octanol–water partition coefficient (Wildman–Crippen LogP) is 0.630. The molecule has 5 rings (SSSR count). The lowest BCUT2D eigenvalue weighted by atomic mass is 9.90. The van der Waals surface area contributed by atoms with Crippen LogP contribution >= 0.6 is 0 Å². The van der Waals surface area contributed by atoms with Gasteiger partial charge in [-0.25, -0.2) is 9.89 Å². The van der Waals surface area contributed by atoms with Crippen LogP contribution in [0.1, 0.15) is 24.0 Å². The Hall–Kier alpha value is -3.10. The second kappa shape index (κ2) is 4.45. The first-order valence-corrected chi connectivity index (χ1v) is 7.48. The van der Waals surface area contributed by atoms with Gasteiger partial charge in [-0.15, -0.1) is 10.2 Å². The van der Waals surface area contributed by atoms with Gasteiger partial charge in [0, 0.05) is 5.39 Å². The standard InChI is InChI=1S/C14H12N8O/c23-14-15-10-6-8-4-2-1-3-7(8)5-9(10)13-16-11(19-22(13)14)12-17-20-21-18-12/h5-6H,1-4H2,(H,16,19)(H,17,18,20,21). The van der Waals surface area contributed by atoms with E-state index in [2.05, 4.69) is 41.8 Å². The lowest BCUT2D eigenvalue weighted by Crippen LogP contribution is -2.18. The van der Waals surface area contributed by atoms with Crippen LogP contribution < -0.4 is 5.69 Å². The Balaban J connectivity index is 1.85. The third kappa shape index (κ3) is 1.79. The van der Waals surface area contributed by atoms with Crippen molar-refractivity contribution in [1.29, 1.82) is 0 Å². The molecule has 0 aliphatic heterocycles. The van der Waals surface area contributed by atoms with E-state index in [0.717, 1.165) is 18.2 Å². The first-order chi connectivity index (χ1) is 11.3. The minimum absolute atomic E-state index is 0.374. The maximum atomic E-state index is 12.3. The number of benzene rings is 1. The van der Waals surface area contributed by atoms with E-state index in [-0.39, 0.29) is 0 Å². The average Bonchev–Trinajstić information content (AvgIpc) is 3.23. The van der Waals surface area contributed by atoms with Gasteiger partial charge in [0.05, 0.1) is 5.52 Å². The number of hydrogen-bond acceptors (Lipinski definition) is 6. The van der Waals surface area contributed by atoms with Crippen molar-refractivity contribution in [2.45, 2.75) is 25.7 Å². The zero-order valence-corrected chi connectivity index (χ0v) is 12.1. The molecule has 9 nitrogen and oxygen atoms in total. The molecule has 1 aliphatic carbocycles.